The number of hydrogen-bond acceptors (Lipinski definition) is 4. The van der Waals surface area contributed by atoms with Gasteiger partial charge in [0.05, 0.1) is 0 Å². The maximum atomic E-state index is 12.5. The maximum Gasteiger partial charge on any atom is 0.376 e. The lowest BCUT2D eigenvalue weighted by Gasteiger charge is -2.11. The zero-order valence-electron chi connectivity index (χ0n) is 11.3. The SMILES string of the molecule is CC(F)(F)C(=O)OCCOc1ccc2c(O)cccc2c1. The Morgan fingerprint density at radius 2 is 2.00 bits per heavy atom. The molecule has 1 N–H and O–H groups in total. The second kappa shape index (κ2) is 5.95. The van der Waals surface area contributed by atoms with Crippen LogP contribution in [0.25, 0.3) is 10.8 Å². The van der Waals surface area contributed by atoms with Crippen molar-refractivity contribution in [1.29, 1.82) is 0 Å². The number of phenols is 1. The summed E-state index contributed by atoms with van der Waals surface area (Å²) in [7, 11) is 0. The molecule has 0 bridgehead atoms. The highest BCUT2D eigenvalue weighted by Gasteiger charge is 2.34. The number of phenolic OH excluding ortho intramolecular Hbond substituents is 1. The quantitative estimate of drug-likeness (QED) is 0.680. The Kier molecular flexibility index (Phi) is 4.26. The number of esters is 1. The number of fused-ring (bicyclic) bond motifs is 1. The predicted molar refractivity (Wildman–Crippen MR) is 72.7 cm³/mol. The molecule has 0 aromatic heterocycles. The van der Waals surface area contributed by atoms with Crippen LogP contribution in [0.5, 0.6) is 11.5 Å². The average molecular weight is 296 g/mol. The summed E-state index contributed by atoms with van der Waals surface area (Å²) < 4.78 is 34.8. The number of benzene rings is 2. The predicted octanol–water partition coefficient (Wildman–Crippen LogP) is 3.12. The van der Waals surface area contributed by atoms with Crippen molar-refractivity contribution in [1.82, 2.24) is 0 Å². The molecular formula is C15H14F2O4. The van der Waals surface area contributed by atoms with Gasteiger partial charge < -0.3 is 14.6 Å². The van der Waals surface area contributed by atoms with Crippen LogP contribution in [0.3, 0.4) is 0 Å². The maximum absolute atomic E-state index is 12.5. The summed E-state index contributed by atoms with van der Waals surface area (Å²) in [6, 6.07) is 10.1. The Labute approximate surface area is 119 Å². The van der Waals surface area contributed by atoms with Crippen molar-refractivity contribution >= 4 is 16.7 Å². The van der Waals surface area contributed by atoms with Gasteiger partial charge in [-0.05, 0) is 29.7 Å². The number of carbonyl (C=O) groups is 1. The molecule has 0 spiro atoms. The van der Waals surface area contributed by atoms with E-state index in [9.17, 15) is 18.7 Å². The van der Waals surface area contributed by atoms with Gasteiger partial charge in [0.25, 0.3) is 0 Å². The first-order valence-corrected chi connectivity index (χ1v) is 6.27. The number of carbonyl (C=O) groups excluding carboxylic acids is 1. The van der Waals surface area contributed by atoms with Crippen LogP contribution in [0.1, 0.15) is 6.92 Å². The van der Waals surface area contributed by atoms with Crippen LogP contribution < -0.4 is 4.74 Å². The van der Waals surface area contributed by atoms with Gasteiger partial charge in [-0.3, -0.25) is 0 Å². The van der Waals surface area contributed by atoms with Gasteiger partial charge in [-0.2, -0.15) is 8.78 Å². The number of rotatable bonds is 5. The van der Waals surface area contributed by atoms with Gasteiger partial charge in [0.15, 0.2) is 0 Å². The molecule has 0 aliphatic rings. The van der Waals surface area contributed by atoms with Gasteiger partial charge in [0.1, 0.15) is 24.7 Å². The molecule has 2 rings (SSSR count). The molecule has 21 heavy (non-hydrogen) atoms. The van der Waals surface area contributed by atoms with Crippen LogP contribution >= 0.6 is 0 Å². The Morgan fingerprint density at radius 3 is 2.71 bits per heavy atom. The zero-order valence-corrected chi connectivity index (χ0v) is 11.3. The smallest absolute Gasteiger partial charge is 0.376 e. The van der Waals surface area contributed by atoms with E-state index in [0.29, 0.717) is 18.1 Å². The number of hydrogen-bond donors (Lipinski definition) is 1. The first-order chi connectivity index (χ1) is 9.88. The summed E-state index contributed by atoms with van der Waals surface area (Å²) >= 11 is 0. The molecule has 0 fully saturated rings. The Hall–Kier alpha value is -2.37. The van der Waals surface area contributed by atoms with E-state index in [1.54, 1.807) is 36.4 Å². The fourth-order valence-electron chi connectivity index (χ4n) is 1.76. The third-order valence-electron chi connectivity index (χ3n) is 2.77. The summed E-state index contributed by atoms with van der Waals surface area (Å²) in [4.78, 5) is 10.8. The molecule has 0 amide bonds. The molecule has 6 heteroatoms. The summed E-state index contributed by atoms with van der Waals surface area (Å²) in [6.07, 6.45) is 0. The third-order valence-corrected chi connectivity index (χ3v) is 2.77. The van der Waals surface area contributed by atoms with Gasteiger partial charge in [0, 0.05) is 12.3 Å². The van der Waals surface area contributed by atoms with Crippen LogP contribution in [0.4, 0.5) is 8.78 Å². The molecule has 0 radical (unpaired) electrons. The Morgan fingerprint density at radius 1 is 1.24 bits per heavy atom. The van der Waals surface area contributed by atoms with E-state index in [2.05, 4.69) is 4.74 Å². The second-order valence-corrected chi connectivity index (χ2v) is 4.53. The third kappa shape index (κ3) is 3.81. The number of alkyl halides is 2. The van der Waals surface area contributed by atoms with Crippen molar-refractivity contribution in [2.45, 2.75) is 12.8 Å². The van der Waals surface area contributed by atoms with Gasteiger partial charge >= 0.3 is 11.9 Å². The normalized spacial score (nSPS) is 11.4. The largest absolute Gasteiger partial charge is 0.507 e. The van der Waals surface area contributed by atoms with Crippen molar-refractivity contribution in [2.75, 3.05) is 13.2 Å². The van der Waals surface area contributed by atoms with E-state index in [0.717, 1.165) is 5.39 Å². The summed E-state index contributed by atoms with van der Waals surface area (Å²) in [5, 5.41) is 11.1. The minimum absolute atomic E-state index is 0.0356. The molecule has 0 saturated heterocycles. The first-order valence-electron chi connectivity index (χ1n) is 6.27. The van der Waals surface area contributed by atoms with E-state index < -0.39 is 11.9 Å². The minimum Gasteiger partial charge on any atom is -0.507 e. The number of halogens is 2. The lowest BCUT2D eigenvalue weighted by molar-refractivity contribution is -0.169. The van der Waals surface area contributed by atoms with Gasteiger partial charge in [0.2, 0.25) is 0 Å². The van der Waals surface area contributed by atoms with Crippen LogP contribution in [-0.2, 0) is 9.53 Å². The molecule has 0 aliphatic carbocycles. The lowest BCUT2D eigenvalue weighted by Crippen LogP contribution is -2.28. The molecule has 0 atom stereocenters. The van der Waals surface area contributed by atoms with Crippen molar-refractivity contribution in [3.8, 4) is 11.5 Å². The molecule has 2 aromatic carbocycles. The first kappa shape index (κ1) is 15.0. The van der Waals surface area contributed by atoms with Crippen LogP contribution in [0, 0.1) is 0 Å². The highest BCUT2D eigenvalue weighted by atomic mass is 19.3. The van der Waals surface area contributed by atoms with E-state index in [1.165, 1.54) is 0 Å². The zero-order chi connectivity index (χ0) is 15.5. The fraction of sp³-hybridized carbons (Fsp3) is 0.267. The van der Waals surface area contributed by atoms with E-state index in [1.807, 2.05) is 0 Å². The van der Waals surface area contributed by atoms with Gasteiger partial charge in [-0.25, -0.2) is 4.79 Å². The Bertz CT molecular complexity index is 650. The highest BCUT2D eigenvalue weighted by molar-refractivity contribution is 5.89. The standard InChI is InChI=1S/C15H14F2O4/c1-15(16,17)14(19)21-8-7-20-11-5-6-12-10(9-11)3-2-4-13(12)18/h2-6,9,18H,7-8H2,1H3. The summed E-state index contributed by atoms with van der Waals surface area (Å²) in [6.45, 7) is 0.179. The molecule has 0 saturated carbocycles. The molecule has 0 heterocycles. The monoisotopic (exact) mass is 296 g/mol. The summed E-state index contributed by atoms with van der Waals surface area (Å²) in [5.41, 5.74) is 0. The molecule has 2 aromatic rings. The second-order valence-electron chi connectivity index (χ2n) is 4.53. The summed E-state index contributed by atoms with van der Waals surface area (Å²) in [5.74, 6) is -4.42. The topological polar surface area (TPSA) is 55.8 Å². The molecule has 0 unspecified atom stereocenters. The van der Waals surface area contributed by atoms with E-state index in [-0.39, 0.29) is 19.0 Å². The highest BCUT2D eigenvalue weighted by Crippen LogP contribution is 2.27. The number of ether oxygens (including phenoxy) is 2. The minimum atomic E-state index is -3.50. The molecular weight excluding hydrogens is 282 g/mol. The molecule has 112 valence electrons. The van der Waals surface area contributed by atoms with Crippen molar-refractivity contribution < 1.29 is 28.2 Å². The van der Waals surface area contributed by atoms with Gasteiger partial charge in [-0.1, -0.05) is 12.1 Å². The van der Waals surface area contributed by atoms with Crippen molar-refractivity contribution in [3.63, 3.8) is 0 Å². The molecule has 4 nitrogen and oxygen atoms in total. The Balaban J connectivity index is 1.91. The van der Waals surface area contributed by atoms with Crippen molar-refractivity contribution in [2.24, 2.45) is 0 Å². The van der Waals surface area contributed by atoms with Gasteiger partial charge in [-0.15, -0.1) is 0 Å². The van der Waals surface area contributed by atoms with Crippen LogP contribution in [0.15, 0.2) is 36.4 Å². The van der Waals surface area contributed by atoms with Crippen molar-refractivity contribution in [3.05, 3.63) is 36.4 Å². The van der Waals surface area contributed by atoms with Crippen LogP contribution in [0.2, 0.25) is 0 Å². The fourth-order valence-corrected chi connectivity index (χ4v) is 1.76. The average Bonchev–Trinajstić information content (AvgIpc) is 2.42. The van der Waals surface area contributed by atoms with E-state index >= 15 is 0 Å². The number of aromatic hydroxyl groups is 1. The lowest BCUT2D eigenvalue weighted by atomic mass is 10.1. The van der Waals surface area contributed by atoms with Crippen LogP contribution in [-0.4, -0.2) is 30.2 Å². The molecule has 0 aliphatic heterocycles. The van der Waals surface area contributed by atoms with E-state index in [4.69, 9.17) is 4.74 Å².